The number of hydrogen-bond acceptors (Lipinski definition) is 3. The molecule has 4 rings (SSSR count). The van der Waals surface area contributed by atoms with Crippen molar-refractivity contribution in [2.45, 2.75) is 25.0 Å². The van der Waals surface area contributed by atoms with Crippen LogP contribution < -0.4 is 11.1 Å². The van der Waals surface area contributed by atoms with Gasteiger partial charge in [-0.25, -0.2) is 0 Å². The topological polar surface area (TPSA) is 47.3 Å². The molecule has 2 unspecified atom stereocenters. The van der Waals surface area contributed by atoms with E-state index in [4.69, 9.17) is 10.5 Å². The second-order valence-electron chi connectivity index (χ2n) is 5.98. The summed E-state index contributed by atoms with van der Waals surface area (Å²) in [7, 11) is 0. The van der Waals surface area contributed by atoms with Crippen molar-refractivity contribution in [3.63, 3.8) is 0 Å². The molecule has 3 heteroatoms. The van der Waals surface area contributed by atoms with Crippen LogP contribution in [0.4, 0.5) is 11.4 Å². The molecule has 2 heterocycles. The van der Waals surface area contributed by atoms with Gasteiger partial charge in [0.05, 0.1) is 12.1 Å². The molecule has 0 aromatic heterocycles. The maximum Gasteiger partial charge on any atom is 0.0896 e. The van der Waals surface area contributed by atoms with Gasteiger partial charge in [-0.1, -0.05) is 30.3 Å². The summed E-state index contributed by atoms with van der Waals surface area (Å²) in [5, 5.41) is 3.70. The van der Waals surface area contributed by atoms with Crippen LogP contribution in [0.25, 0.3) is 0 Å². The minimum Gasteiger partial charge on any atom is -0.399 e. The third-order valence-electron chi connectivity index (χ3n) is 4.65. The van der Waals surface area contributed by atoms with Crippen molar-refractivity contribution in [3.8, 4) is 0 Å². The Morgan fingerprint density at radius 3 is 2.81 bits per heavy atom. The van der Waals surface area contributed by atoms with E-state index < -0.39 is 0 Å². The number of benzene rings is 2. The van der Waals surface area contributed by atoms with Gasteiger partial charge in [0.1, 0.15) is 0 Å². The second kappa shape index (κ2) is 5.08. The first-order chi connectivity index (χ1) is 10.3. The Balaban J connectivity index is 1.79. The van der Waals surface area contributed by atoms with E-state index in [1.807, 2.05) is 6.07 Å². The molecular formula is C18H20N2O. The lowest BCUT2D eigenvalue weighted by atomic mass is 9.77. The van der Waals surface area contributed by atoms with Gasteiger partial charge in [-0.2, -0.15) is 0 Å². The highest BCUT2D eigenvalue weighted by molar-refractivity contribution is 5.62. The SMILES string of the molecule is Nc1ccc2c(c1)C1OCCCC1[C@H](c1ccccc1)N2. The van der Waals surface area contributed by atoms with Crippen molar-refractivity contribution in [2.75, 3.05) is 17.7 Å². The molecule has 1 fully saturated rings. The zero-order chi connectivity index (χ0) is 14.2. The summed E-state index contributed by atoms with van der Waals surface area (Å²) in [6, 6.07) is 17.1. The lowest BCUT2D eigenvalue weighted by Gasteiger charge is -2.43. The van der Waals surface area contributed by atoms with E-state index >= 15 is 0 Å². The van der Waals surface area contributed by atoms with Gasteiger partial charge in [0.2, 0.25) is 0 Å². The van der Waals surface area contributed by atoms with E-state index in [9.17, 15) is 0 Å². The molecule has 0 amide bonds. The molecule has 2 aliphatic heterocycles. The fourth-order valence-electron chi connectivity index (χ4n) is 3.68. The van der Waals surface area contributed by atoms with Gasteiger partial charge in [0.15, 0.2) is 0 Å². The second-order valence-corrected chi connectivity index (χ2v) is 5.98. The number of fused-ring (bicyclic) bond motifs is 3. The molecule has 108 valence electrons. The molecule has 2 aliphatic rings. The smallest absolute Gasteiger partial charge is 0.0896 e. The zero-order valence-electron chi connectivity index (χ0n) is 12.0. The van der Waals surface area contributed by atoms with Crippen LogP contribution in [0.5, 0.6) is 0 Å². The average Bonchev–Trinajstić information content (AvgIpc) is 2.55. The van der Waals surface area contributed by atoms with E-state index in [0.717, 1.165) is 24.4 Å². The number of rotatable bonds is 1. The Morgan fingerprint density at radius 1 is 1.10 bits per heavy atom. The Morgan fingerprint density at radius 2 is 1.95 bits per heavy atom. The van der Waals surface area contributed by atoms with Crippen LogP contribution in [-0.2, 0) is 4.74 Å². The summed E-state index contributed by atoms with van der Waals surface area (Å²) in [6.45, 7) is 0.844. The molecule has 0 saturated carbocycles. The van der Waals surface area contributed by atoms with Crippen molar-refractivity contribution in [3.05, 3.63) is 59.7 Å². The summed E-state index contributed by atoms with van der Waals surface area (Å²) in [5.74, 6) is 0.468. The highest BCUT2D eigenvalue weighted by Gasteiger charge is 2.39. The molecule has 21 heavy (non-hydrogen) atoms. The summed E-state index contributed by atoms with van der Waals surface area (Å²) in [6.07, 6.45) is 2.47. The largest absolute Gasteiger partial charge is 0.399 e. The number of anilines is 2. The van der Waals surface area contributed by atoms with E-state index in [1.54, 1.807) is 0 Å². The highest BCUT2D eigenvalue weighted by Crippen LogP contribution is 2.49. The molecule has 3 nitrogen and oxygen atoms in total. The predicted molar refractivity (Wildman–Crippen MR) is 85.1 cm³/mol. The number of nitrogens with two attached hydrogens (primary N) is 1. The van der Waals surface area contributed by atoms with Gasteiger partial charge in [0, 0.05) is 29.5 Å². The van der Waals surface area contributed by atoms with E-state index in [0.29, 0.717) is 12.0 Å². The molecule has 0 radical (unpaired) electrons. The standard InChI is InChI=1S/C18H20N2O/c19-13-8-9-16-15(11-13)18-14(7-4-10-21-18)17(20-16)12-5-2-1-3-6-12/h1-3,5-6,8-9,11,14,17-18,20H,4,7,10,19H2/t14?,17-,18?/m0/s1. The predicted octanol–water partition coefficient (Wildman–Crippen LogP) is 3.90. The fourth-order valence-corrected chi connectivity index (χ4v) is 3.68. The number of ether oxygens (including phenoxy) is 1. The van der Waals surface area contributed by atoms with E-state index in [-0.39, 0.29) is 6.10 Å². The van der Waals surface area contributed by atoms with Crippen LogP contribution in [0.2, 0.25) is 0 Å². The monoisotopic (exact) mass is 280 g/mol. The molecule has 0 aliphatic carbocycles. The quantitative estimate of drug-likeness (QED) is 0.779. The van der Waals surface area contributed by atoms with Crippen LogP contribution in [-0.4, -0.2) is 6.61 Å². The van der Waals surface area contributed by atoms with E-state index in [1.165, 1.54) is 17.5 Å². The average molecular weight is 280 g/mol. The van der Waals surface area contributed by atoms with Crippen LogP contribution in [0, 0.1) is 5.92 Å². The fraction of sp³-hybridized carbons (Fsp3) is 0.333. The number of nitrogens with one attached hydrogen (secondary N) is 1. The summed E-state index contributed by atoms with van der Waals surface area (Å²) in [5.41, 5.74) is 10.5. The Bertz CT molecular complexity index is 641. The zero-order valence-corrected chi connectivity index (χ0v) is 12.0. The first-order valence-electron chi connectivity index (χ1n) is 7.65. The first kappa shape index (κ1) is 12.7. The van der Waals surface area contributed by atoms with Crippen molar-refractivity contribution < 1.29 is 4.74 Å². The lowest BCUT2D eigenvalue weighted by molar-refractivity contribution is -0.0381. The van der Waals surface area contributed by atoms with Gasteiger partial charge < -0.3 is 15.8 Å². The van der Waals surface area contributed by atoms with Crippen molar-refractivity contribution in [2.24, 2.45) is 5.92 Å². The molecule has 2 aromatic rings. The molecule has 3 N–H and O–H groups in total. The number of hydrogen-bond donors (Lipinski definition) is 2. The molecular weight excluding hydrogens is 260 g/mol. The Hall–Kier alpha value is -2.00. The van der Waals surface area contributed by atoms with Crippen molar-refractivity contribution >= 4 is 11.4 Å². The number of nitrogen functional groups attached to an aromatic ring is 1. The summed E-state index contributed by atoms with van der Waals surface area (Å²) < 4.78 is 6.12. The molecule has 1 saturated heterocycles. The normalized spacial score (nSPS) is 27.3. The third kappa shape index (κ3) is 2.18. The van der Waals surface area contributed by atoms with Gasteiger partial charge in [-0.3, -0.25) is 0 Å². The van der Waals surface area contributed by atoms with Crippen LogP contribution in [0.3, 0.4) is 0 Å². The van der Waals surface area contributed by atoms with Crippen LogP contribution in [0.15, 0.2) is 48.5 Å². The molecule has 3 atom stereocenters. The van der Waals surface area contributed by atoms with Crippen molar-refractivity contribution in [1.82, 2.24) is 0 Å². The maximum absolute atomic E-state index is 6.12. The minimum absolute atomic E-state index is 0.156. The first-order valence-corrected chi connectivity index (χ1v) is 7.65. The minimum atomic E-state index is 0.156. The van der Waals surface area contributed by atoms with Crippen molar-refractivity contribution in [1.29, 1.82) is 0 Å². The molecule has 2 aromatic carbocycles. The van der Waals surface area contributed by atoms with Gasteiger partial charge in [-0.05, 0) is 36.6 Å². The molecule has 0 spiro atoms. The maximum atomic E-state index is 6.12. The summed E-state index contributed by atoms with van der Waals surface area (Å²) >= 11 is 0. The van der Waals surface area contributed by atoms with Gasteiger partial charge in [-0.15, -0.1) is 0 Å². The highest BCUT2D eigenvalue weighted by atomic mass is 16.5. The lowest BCUT2D eigenvalue weighted by Crippen LogP contribution is -2.36. The molecule has 0 bridgehead atoms. The van der Waals surface area contributed by atoms with Crippen LogP contribution in [0.1, 0.15) is 36.1 Å². The summed E-state index contributed by atoms with van der Waals surface area (Å²) in [4.78, 5) is 0. The Labute approximate surface area is 125 Å². The van der Waals surface area contributed by atoms with Gasteiger partial charge in [0.25, 0.3) is 0 Å². The van der Waals surface area contributed by atoms with Gasteiger partial charge >= 0.3 is 0 Å². The van der Waals surface area contributed by atoms with E-state index in [2.05, 4.69) is 47.8 Å². The third-order valence-corrected chi connectivity index (χ3v) is 4.65. The van der Waals surface area contributed by atoms with Crippen LogP contribution >= 0.6 is 0 Å². The Kier molecular flexibility index (Phi) is 3.08.